The molecule has 0 aliphatic rings. The Morgan fingerprint density at radius 3 is 1.33 bits per heavy atom. The van der Waals surface area contributed by atoms with E-state index in [2.05, 4.69) is 48.5 Å². The normalized spacial score (nSPS) is 10.9. The van der Waals surface area contributed by atoms with Crippen molar-refractivity contribution >= 4 is 12.2 Å². The van der Waals surface area contributed by atoms with Gasteiger partial charge in [-0.25, -0.2) is 4.39 Å². The second-order valence-electron chi connectivity index (χ2n) is 7.50. The maximum absolute atomic E-state index is 13.1. The smallest absolute Gasteiger partial charge is 0.203 e. The van der Waals surface area contributed by atoms with Gasteiger partial charge in [0.25, 0.3) is 0 Å². The van der Waals surface area contributed by atoms with Crippen LogP contribution in [0.2, 0.25) is 0 Å². The van der Waals surface area contributed by atoms with Crippen LogP contribution in [0.25, 0.3) is 34.4 Å². The predicted octanol–water partition coefficient (Wildman–Crippen LogP) is 7.36. The fourth-order valence-electron chi connectivity index (χ4n) is 3.67. The highest BCUT2D eigenvalue weighted by Crippen LogP contribution is 2.38. The van der Waals surface area contributed by atoms with E-state index in [1.165, 1.54) is 12.1 Å². The predicted molar refractivity (Wildman–Crippen MR) is 132 cm³/mol. The minimum atomic E-state index is -0.227. The number of hydrogen-bond acceptors (Lipinski definition) is 3. The Balaban J connectivity index is 1.51. The highest BCUT2D eigenvalue weighted by Gasteiger charge is 2.12. The van der Waals surface area contributed by atoms with Gasteiger partial charge in [-0.15, -0.1) is 0 Å². The molecule has 4 aromatic carbocycles. The van der Waals surface area contributed by atoms with E-state index in [1.807, 2.05) is 24.3 Å². The molecule has 0 saturated heterocycles. The molecule has 166 valence electrons. The molecule has 0 aliphatic heterocycles. The van der Waals surface area contributed by atoms with Gasteiger partial charge >= 0.3 is 0 Å². The van der Waals surface area contributed by atoms with Crippen molar-refractivity contribution in [3.05, 3.63) is 102 Å². The summed E-state index contributed by atoms with van der Waals surface area (Å²) in [5.74, 6) is 1.59. The van der Waals surface area contributed by atoms with Gasteiger partial charge in [0.15, 0.2) is 11.5 Å². The Kier molecular flexibility index (Phi) is 6.75. The zero-order valence-electron chi connectivity index (χ0n) is 18.8. The number of hydrogen-bond donors (Lipinski definition) is 0. The molecule has 0 bridgehead atoms. The molecule has 33 heavy (non-hydrogen) atoms. The summed E-state index contributed by atoms with van der Waals surface area (Å²) < 4.78 is 29.4. The van der Waals surface area contributed by atoms with Gasteiger partial charge < -0.3 is 14.2 Å². The number of ether oxygens (including phenoxy) is 3. The number of rotatable bonds is 7. The summed E-state index contributed by atoms with van der Waals surface area (Å²) in [7, 11) is 4.80. The summed E-state index contributed by atoms with van der Waals surface area (Å²) in [5.41, 5.74) is 6.34. The third-order valence-electron chi connectivity index (χ3n) is 5.46. The Morgan fingerprint density at radius 1 is 0.515 bits per heavy atom. The topological polar surface area (TPSA) is 27.7 Å². The molecule has 0 amide bonds. The minimum absolute atomic E-state index is 0.227. The number of methoxy groups -OCH3 is 3. The van der Waals surface area contributed by atoms with Gasteiger partial charge in [-0.3, -0.25) is 0 Å². The molecule has 3 nitrogen and oxygen atoms in total. The zero-order chi connectivity index (χ0) is 23.2. The van der Waals surface area contributed by atoms with Crippen molar-refractivity contribution in [1.29, 1.82) is 0 Å². The van der Waals surface area contributed by atoms with E-state index >= 15 is 0 Å². The first-order valence-corrected chi connectivity index (χ1v) is 10.6. The highest BCUT2D eigenvalue weighted by atomic mass is 19.1. The van der Waals surface area contributed by atoms with E-state index in [0.717, 1.165) is 33.4 Å². The Hall–Kier alpha value is -4.05. The fraction of sp³-hybridized carbons (Fsp3) is 0.103. The Labute approximate surface area is 193 Å². The third-order valence-corrected chi connectivity index (χ3v) is 5.46. The summed E-state index contributed by atoms with van der Waals surface area (Å²) >= 11 is 0. The van der Waals surface area contributed by atoms with Gasteiger partial charge in [0.1, 0.15) is 5.82 Å². The molecular weight excluding hydrogens is 415 g/mol. The largest absolute Gasteiger partial charge is 0.493 e. The monoisotopic (exact) mass is 440 g/mol. The van der Waals surface area contributed by atoms with Crippen LogP contribution in [-0.2, 0) is 0 Å². The van der Waals surface area contributed by atoms with Gasteiger partial charge in [-0.1, -0.05) is 72.8 Å². The number of halogens is 1. The molecule has 4 rings (SSSR count). The van der Waals surface area contributed by atoms with E-state index in [1.54, 1.807) is 33.5 Å². The molecule has 0 aliphatic carbocycles. The molecule has 0 atom stereocenters. The fourth-order valence-corrected chi connectivity index (χ4v) is 3.67. The molecule has 4 heteroatoms. The van der Waals surface area contributed by atoms with E-state index < -0.39 is 0 Å². The van der Waals surface area contributed by atoms with Crippen molar-refractivity contribution in [2.24, 2.45) is 0 Å². The van der Waals surface area contributed by atoms with Crippen LogP contribution < -0.4 is 14.2 Å². The Bertz CT molecular complexity index is 1220. The van der Waals surface area contributed by atoms with Crippen LogP contribution in [0, 0.1) is 5.82 Å². The average molecular weight is 441 g/mol. The summed E-state index contributed by atoms with van der Waals surface area (Å²) in [6, 6.07) is 27.0. The first-order valence-electron chi connectivity index (χ1n) is 10.6. The summed E-state index contributed by atoms with van der Waals surface area (Å²) in [5, 5.41) is 0. The SMILES string of the molecule is COc1cc(/C=C\c2ccc(-c3ccc(-c4ccc(F)cc4)cc3)cc2)cc(OC)c1OC. The van der Waals surface area contributed by atoms with Crippen molar-refractivity contribution < 1.29 is 18.6 Å². The van der Waals surface area contributed by atoms with Crippen molar-refractivity contribution in [3.63, 3.8) is 0 Å². The van der Waals surface area contributed by atoms with Gasteiger partial charge in [0.2, 0.25) is 5.75 Å². The van der Waals surface area contributed by atoms with Crippen LogP contribution in [-0.4, -0.2) is 21.3 Å². The van der Waals surface area contributed by atoms with Crippen LogP contribution in [0.1, 0.15) is 11.1 Å². The maximum Gasteiger partial charge on any atom is 0.203 e. The lowest BCUT2D eigenvalue weighted by Crippen LogP contribution is -1.95. The molecule has 4 aromatic rings. The zero-order valence-corrected chi connectivity index (χ0v) is 18.8. The second kappa shape index (κ2) is 10.0. The summed E-state index contributed by atoms with van der Waals surface area (Å²) in [4.78, 5) is 0. The lowest BCUT2D eigenvalue weighted by molar-refractivity contribution is 0.324. The molecule has 0 saturated carbocycles. The van der Waals surface area contributed by atoms with Crippen LogP contribution in [0.15, 0.2) is 84.9 Å². The minimum Gasteiger partial charge on any atom is -0.493 e. The van der Waals surface area contributed by atoms with Crippen molar-refractivity contribution in [2.45, 2.75) is 0 Å². The summed E-state index contributed by atoms with van der Waals surface area (Å²) in [6.07, 6.45) is 4.05. The third kappa shape index (κ3) is 5.07. The number of benzene rings is 4. The van der Waals surface area contributed by atoms with Gasteiger partial charge in [-0.05, 0) is 57.6 Å². The molecule has 0 heterocycles. The van der Waals surface area contributed by atoms with E-state index in [9.17, 15) is 4.39 Å². The quantitative estimate of drug-likeness (QED) is 0.281. The van der Waals surface area contributed by atoms with E-state index in [4.69, 9.17) is 14.2 Å². The highest BCUT2D eigenvalue weighted by molar-refractivity contribution is 5.75. The van der Waals surface area contributed by atoms with Crippen LogP contribution >= 0.6 is 0 Å². The molecule has 0 spiro atoms. The Morgan fingerprint density at radius 2 is 0.909 bits per heavy atom. The van der Waals surface area contributed by atoms with Gasteiger partial charge in [-0.2, -0.15) is 0 Å². The van der Waals surface area contributed by atoms with Crippen LogP contribution in [0.5, 0.6) is 17.2 Å². The molecular formula is C29H25FO3. The van der Waals surface area contributed by atoms with E-state index in [0.29, 0.717) is 17.2 Å². The van der Waals surface area contributed by atoms with Gasteiger partial charge in [0.05, 0.1) is 21.3 Å². The lowest BCUT2D eigenvalue weighted by Gasteiger charge is -2.12. The molecule has 0 N–H and O–H groups in total. The first-order chi connectivity index (χ1) is 16.1. The molecule has 0 radical (unpaired) electrons. The van der Waals surface area contributed by atoms with Crippen LogP contribution in [0.4, 0.5) is 4.39 Å². The average Bonchev–Trinajstić information content (AvgIpc) is 2.87. The van der Waals surface area contributed by atoms with Crippen molar-refractivity contribution in [3.8, 4) is 39.5 Å². The van der Waals surface area contributed by atoms with Crippen molar-refractivity contribution in [1.82, 2.24) is 0 Å². The first kappa shape index (κ1) is 22.2. The van der Waals surface area contributed by atoms with E-state index in [-0.39, 0.29) is 5.82 Å². The molecule has 0 unspecified atom stereocenters. The summed E-state index contributed by atoms with van der Waals surface area (Å²) in [6.45, 7) is 0. The van der Waals surface area contributed by atoms with Crippen LogP contribution in [0.3, 0.4) is 0 Å². The molecule has 0 fully saturated rings. The maximum atomic E-state index is 13.1. The lowest BCUT2D eigenvalue weighted by atomic mass is 9.99. The standard InChI is InChI=1S/C29H25FO3/c1-31-27-18-21(19-28(32-2)29(27)33-3)5-4-20-6-8-22(9-7-20)23-10-12-24(13-11-23)25-14-16-26(30)17-15-25/h4-19H,1-3H3/b5-4-. The second-order valence-corrected chi connectivity index (χ2v) is 7.50. The van der Waals surface area contributed by atoms with Gasteiger partial charge in [0, 0.05) is 0 Å². The molecule has 0 aromatic heterocycles. The van der Waals surface area contributed by atoms with Crippen molar-refractivity contribution in [2.75, 3.05) is 21.3 Å².